The minimum atomic E-state index is -0.127. The molecule has 2 rings (SSSR count). The predicted molar refractivity (Wildman–Crippen MR) is 68.4 cm³/mol. The molecule has 1 aliphatic heterocycles. The second-order valence-electron chi connectivity index (χ2n) is 4.56. The van der Waals surface area contributed by atoms with Crippen molar-refractivity contribution in [2.45, 2.75) is 25.4 Å². The lowest BCUT2D eigenvalue weighted by atomic mass is 10.2. The van der Waals surface area contributed by atoms with E-state index < -0.39 is 0 Å². The largest absolute Gasteiger partial charge is 0.385 e. The number of hydrogen-bond acceptors (Lipinski definition) is 4. The fourth-order valence-corrected chi connectivity index (χ4v) is 2.07. The molecule has 1 N–H and O–H groups in total. The van der Waals surface area contributed by atoms with Gasteiger partial charge in [-0.2, -0.15) is 5.10 Å². The summed E-state index contributed by atoms with van der Waals surface area (Å²) in [5.41, 5.74) is 0. The maximum absolute atomic E-state index is 11.7. The van der Waals surface area contributed by atoms with Crippen molar-refractivity contribution in [3.8, 4) is 0 Å². The summed E-state index contributed by atoms with van der Waals surface area (Å²) in [6.07, 6.45) is 3.69. The van der Waals surface area contributed by atoms with Crippen LogP contribution in [0.5, 0.6) is 0 Å². The van der Waals surface area contributed by atoms with Crippen molar-refractivity contribution >= 4 is 11.7 Å². The van der Waals surface area contributed by atoms with E-state index >= 15 is 0 Å². The molecule has 1 aliphatic rings. The number of aryl methyl sites for hydroxylation is 1. The van der Waals surface area contributed by atoms with E-state index in [1.54, 1.807) is 12.0 Å². The minimum absolute atomic E-state index is 0.127. The molecule has 0 spiro atoms. The molecule has 0 aliphatic carbocycles. The molecule has 0 unspecified atom stereocenters. The average molecular weight is 252 g/mol. The first-order valence-corrected chi connectivity index (χ1v) is 6.24. The van der Waals surface area contributed by atoms with Gasteiger partial charge in [-0.3, -0.25) is 9.48 Å². The summed E-state index contributed by atoms with van der Waals surface area (Å²) in [6.45, 7) is 2.37. The molecule has 1 fully saturated rings. The van der Waals surface area contributed by atoms with Gasteiger partial charge < -0.3 is 15.0 Å². The van der Waals surface area contributed by atoms with E-state index in [1.165, 1.54) is 0 Å². The van der Waals surface area contributed by atoms with Crippen LogP contribution in [0.25, 0.3) is 0 Å². The fourth-order valence-electron chi connectivity index (χ4n) is 2.07. The first kappa shape index (κ1) is 12.9. The van der Waals surface area contributed by atoms with Crippen LogP contribution in [0, 0.1) is 0 Å². The normalized spacial score (nSPS) is 19.6. The molecule has 6 heteroatoms. The maximum Gasteiger partial charge on any atom is 0.244 e. The molecule has 18 heavy (non-hydrogen) atoms. The van der Waals surface area contributed by atoms with Gasteiger partial charge in [0.2, 0.25) is 5.91 Å². The third-order valence-electron chi connectivity index (χ3n) is 3.13. The lowest BCUT2D eigenvalue weighted by molar-refractivity contribution is -0.127. The third-order valence-corrected chi connectivity index (χ3v) is 3.13. The van der Waals surface area contributed by atoms with E-state index in [0.717, 1.165) is 38.4 Å². The highest BCUT2D eigenvalue weighted by atomic mass is 16.5. The molecule has 1 amide bonds. The molecule has 2 heterocycles. The van der Waals surface area contributed by atoms with Crippen molar-refractivity contribution in [1.29, 1.82) is 0 Å². The molecule has 0 bridgehead atoms. The summed E-state index contributed by atoms with van der Waals surface area (Å²) < 4.78 is 6.86. The number of hydrogen-bond donors (Lipinski definition) is 1. The van der Waals surface area contributed by atoms with Gasteiger partial charge in [-0.25, -0.2) is 0 Å². The second-order valence-corrected chi connectivity index (χ2v) is 4.56. The molecular formula is C12H20N4O2. The third kappa shape index (κ3) is 3.01. The van der Waals surface area contributed by atoms with Crippen LogP contribution in [0.2, 0.25) is 0 Å². The number of nitrogens with zero attached hydrogens (tertiary/aromatic N) is 3. The number of carbonyl (C=O) groups excluding carboxylic acids is 1. The van der Waals surface area contributed by atoms with Gasteiger partial charge in [0, 0.05) is 46.1 Å². The number of ether oxygens (including phenoxy) is 1. The Morgan fingerprint density at radius 3 is 3.11 bits per heavy atom. The summed E-state index contributed by atoms with van der Waals surface area (Å²) >= 11 is 0. The molecule has 1 saturated heterocycles. The number of amides is 1. The van der Waals surface area contributed by atoms with Gasteiger partial charge in [0.05, 0.1) is 0 Å². The second kappa shape index (κ2) is 5.86. The van der Waals surface area contributed by atoms with Gasteiger partial charge >= 0.3 is 0 Å². The zero-order chi connectivity index (χ0) is 13.0. The monoisotopic (exact) mass is 252 g/mol. The van der Waals surface area contributed by atoms with E-state index in [2.05, 4.69) is 10.4 Å². The lowest BCUT2D eigenvalue weighted by Crippen LogP contribution is -2.31. The molecule has 1 aromatic heterocycles. The van der Waals surface area contributed by atoms with Crippen molar-refractivity contribution < 1.29 is 9.53 Å². The van der Waals surface area contributed by atoms with E-state index in [0.29, 0.717) is 0 Å². The quantitative estimate of drug-likeness (QED) is 0.752. The number of likely N-dealkylation sites (N-methyl/N-ethyl adjacent to an activating group) is 1. The van der Waals surface area contributed by atoms with Crippen LogP contribution in [0.1, 0.15) is 12.8 Å². The van der Waals surface area contributed by atoms with E-state index in [4.69, 9.17) is 4.74 Å². The van der Waals surface area contributed by atoms with Crippen LogP contribution in [-0.4, -0.2) is 53.9 Å². The number of methoxy groups -OCH3 is 1. The van der Waals surface area contributed by atoms with E-state index in [9.17, 15) is 4.79 Å². The standard InChI is InChI=1S/C12H20N4O2/c1-15-7-4-10(12(15)17)13-11-5-8-16(14-11)6-3-9-18-2/h5,8,10H,3-4,6-7,9H2,1-2H3,(H,13,14)/t10-/m1/s1. The van der Waals surface area contributed by atoms with Crippen LogP contribution in [-0.2, 0) is 16.1 Å². The number of nitrogens with one attached hydrogen (secondary N) is 1. The van der Waals surface area contributed by atoms with Crippen molar-refractivity contribution in [1.82, 2.24) is 14.7 Å². The first-order valence-electron chi connectivity index (χ1n) is 6.24. The fraction of sp³-hybridized carbons (Fsp3) is 0.667. The Labute approximate surface area is 107 Å². The molecular weight excluding hydrogens is 232 g/mol. The lowest BCUT2D eigenvalue weighted by Gasteiger charge is -2.11. The minimum Gasteiger partial charge on any atom is -0.385 e. The Kier molecular flexibility index (Phi) is 4.19. The number of rotatable bonds is 6. The van der Waals surface area contributed by atoms with Crippen LogP contribution < -0.4 is 5.32 Å². The Balaban J connectivity index is 1.85. The van der Waals surface area contributed by atoms with Crippen molar-refractivity contribution in [2.75, 3.05) is 32.6 Å². The van der Waals surface area contributed by atoms with E-state index in [1.807, 2.05) is 24.0 Å². The van der Waals surface area contributed by atoms with Gasteiger partial charge in [-0.15, -0.1) is 0 Å². The Morgan fingerprint density at radius 1 is 1.61 bits per heavy atom. The van der Waals surface area contributed by atoms with Gasteiger partial charge in [0.25, 0.3) is 0 Å². The number of carbonyl (C=O) groups is 1. The average Bonchev–Trinajstić information content (AvgIpc) is 2.92. The Hall–Kier alpha value is -1.56. The summed E-state index contributed by atoms with van der Waals surface area (Å²) in [5, 5.41) is 7.56. The van der Waals surface area contributed by atoms with Crippen molar-refractivity contribution in [2.24, 2.45) is 0 Å². The van der Waals surface area contributed by atoms with Crippen LogP contribution >= 0.6 is 0 Å². The topological polar surface area (TPSA) is 59.4 Å². The summed E-state index contributed by atoms with van der Waals surface area (Å²) in [6, 6.07) is 1.77. The molecule has 0 aromatic carbocycles. The summed E-state index contributed by atoms with van der Waals surface area (Å²) in [5.74, 6) is 0.907. The molecule has 1 atom stereocenters. The molecule has 100 valence electrons. The van der Waals surface area contributed by atoms with Crippen LogP contribution in [0.15, 0.2) is 12.3 Å². The molecule has 1 aromatic rings. The van der Waals surface area contributed by atoms with Crippen molar-refractivity contribution in [3.63, 3.8) is 0 Å². The summed E-state index contributed by atoms with van der Waals surface area (Å²) in [4.78, 5) is 13.5. The summed E-state index contributed by atoms with van der Waals surface area (Å²) in [7, 11) is 3.52. The Bertz CT molecular complexity index is 405. The van der Waals surface area contributed by atoms with Crippen LogP contribution in [0.3, 0.4) is 0 Å². The number of aromatic nitrogens is 2. The van der Waals surface area contributed by atoms with Crippen LogP contribution in [0.4, 0.5) is 5.82 Å². The zero-order valence-corrected chi connectivity index (χ0v) is 10.9. The SMILES string of the molecule is COCCCn1ccc(N[C@@H]2CCN(C)C2=O)n1. The van der Waals surface area contributed by atoms with Gasteiger partial charge in [0.1, 0.15) is 11.9 Å². The first-order chi connectivity index (χ1) is 8.70. The Morgan fingerprint density at radius 2 is 2.44 bits per heavy atom. The smallest absolute Gasteiger partial charge is 0.244 e. The number of likely N-dealkylation sites (tertiary alicyclic amines) is 1. The molecule has 0 saturated carbocycles. The maximum atomic E-state index is 11.7. The van der Waals surface area contributed by atoms with Crippen molar-refractivity contribution in [3.05, 3.63) is 12.3 Å². The highest BCUT2D eigenvalue weighted by Crippen LogP contribution is 2.14. The molecule has 6 nitrogen and oxygen atoms in total. The predicted octanol–water partition coefficient (Wildman–Crippen LogP) is 0.562. The van der Waals surface area contributed by atoms with Gasteiger partial charge in [-0.1, -0.05) is 0 Å². The highest BCUT2D eigenvalue weighted by molar-refractivity contribution is 5.86. The zero-order valence-electron chi connectivity index (χ0n) is 10.9. The van der Waals surface area contributed by atoms with Gasteiger partial charge in [0.15, 0.2) is 0 Å². The number of anilines is 1. The van der Waals surface area contributed by atoms with E-state index in [-0.39, 0.29) is 11.9 Å². The molecule has 0 radical (unpaired) electrons. The highest BCUT2D eigenvalue weighted by Gasteiger charge is 2.29. The van der Waals surface area contributed by atoms with Gasteiger partial charge in [-0.05, 0) is 12.8 Å².